The maximum atomic E-state index is 11.8. The molecule has 0 heterocycles. The zero-order chi connectivity index (χ0) is 12.9. The van der Waals surface area contributed by atoms with Crippen LogP contribution >= 0.6 is 11.8 Å². The molecule has 1 aromatic rings. The summed E-state index contributed by atoms with van der Waals surface area (Å²) >= 11 is 1.34. The lowest BCUT2D eigenvalue weighted by Crippen LogP contribution is -2.36. The summed E-state index contributed by atoms with van der Waals surface area (Å²) in [7, 11) is -3.74. The van der Waals surface area contributed by atoms with Crippen molar-refractivity contribution in [2.24, 2.45) is 0 Å². The lowest BCUT2D eigenvalue weighted by molar-refractivity contribution is -0.118. The second kappa shape index (κ2) is 6.07. The van der Waals surface area contributed by atoms with Gasteiger partial charge in [-0.1, -0.05) is 25.1 Å². The van der Waals surface area contributed by atoms with Gasteiger partial charge >= 0.3 is 0 Å². The van der Waals surface area contributed by atoms with Gasteiger partial charge in [-0.15, -0.1) is 0 Å². The summed E-state index contributed by atoms with van der Waals surface area (Å²) in [5, 5.41) is -0.339. The molecule has 0 saturated carbocycles. The number of rotatable bonds is 5. The molecule has 1 N–H and O–H groups in total. The summed E-state index contributed by atoms with van der Waals surface area (Å²) in [6.45, 7) is 1.84. The van der Waals surface area contributed by atoms with Gasteiger partial charge in [0, 0.05) is 0 Å². The van der Waals surface area contributed by atoms with Crippen LogP contribution in [0.2, 0.25) is 0 Å². The van der Waals surface area contributed by atoms with Gasteiger partial charge in [-0.2, -0.15) is 11.8 Å². The summed E-state index contributed by atoms with van der Waals surface area (Å²) in [5.41, 5.74) is 0. The Morgan fingerprint density at radius 3 is 2.41 bits per heavy atom. The maximum absolute atomic E-state index is 11.8. The minimum atomic E-state index is -3.74. The third kappa shape index (κ3) is 3.74. The summed E-state index contributed by atoms with van der Waals surface area (Å²) in [6, 6.07) is 7.86. The first-order valence-electron chi connectivity index (χ1n) is 5.15. The molecule has 0 aliphatic rings. The molecule has 4 nitrogen and oxygen atoms in total. The van der Waals surface area contributed by atoms with Crippen molar-refractivity contribution < 1.29 is 13.2 Å². The number of hydrogen-bond acceptors (Lipinski definition) is 4. The van der Waals surface area contributed by atoms with Gasteiger partial charge in [0.2, 0.25) is 5.91 Å². The molecule has 1 unspecified atom stereocenters. The second-order valence-electron chi connectivity index (χ2n) is 3.42. The SMILES string of the molecule is CCC(SC)C(=O)NS(=O)(=O)c1ccccc1. The highest BCUT2D eigenvalue weighted by Crippen LogP contribution is 2.13. The number of amides is 1. The molecule has 1 atom stereocenters. The quantitative estimate of drug-likeness (QED) is 0.885. The first-order chi connectivity index (χ1) is 8.01. The first kappa shape index (κ1) is 14.1. The van der Waals surface area contributed by atoms with E-state index < -0.39 is 15.9 Å². The van der Waals surface area contributed by atoms with Crippen molar-refractivity contribution in [3.8, 4) is 0 Å². The molecule has 1 amide bonds. The molecule has 0 aromatic heterocycles. The van der Waals surface area contributed by atoms with E-state index in [1.165, 1.54) is 23.9 Å². The normalized spacial score (nSPS) is 13.1. The highest BCUT2D eigenvalue weighted by Gasteiger charge is 2.22. The maximum Gasteiger partial charge on any atom is 0.264 e. The largest absolute Gasteiger partial charge is 0.273 e. The molecule has 1 rings (SSSR count). The van der Waals surface area contributed by atoms with Gasteiger partial charge < -0.3 is 0 Å². The van der Waals surface area contributed by atoms with Crippen LogP contribution in [0.1, 0.15) is 13.3 Å². The molecule has 17 heavy (non-hydrogen) atoms. The molecule has 0 radical (unpaired) electrons. The monoisotopic (exact) mass is 273 g/mol. The predicted molar refractivity (Wildman–Crippen MR) is 69.4 cm³/mol. The molecule has 0 spiro atoms. The molecule has 0 aliphatic heterocycles. The zero-order valence-corrected chi connectivity index (χ0v) is 11.3. The average Bonchev–Trinajstić information content (AvgIpc) is 2.31. The molecule has 0 aliphatic carbocycles. The van der Waals surface area contributed by atoms with E-state index >= 15 is 0 Å². The topological polar surface area (TPSA) is 63.2 Å². The number of carbonyl (C=O) groups excluding carboxylic acids is 1. The van der Waals surface area contributed by atoms with Crippen LogP contribution in [0.5, 0.6) is 0 Å². The molecule has 0 fully saturated rings. The fourth-order valence-electron chi connectivity index (χ4n) is 1.32. The molecule has 0 bridgehead atoms. The molecule has 6 heteroatoms. The molecule has 94 valence electrons. The summed E-state index contributed by atoms with van der Waals surface area (Å²) in [4.78, 5) is 11.8. The summed E-state index contributed by atoms with van der Waals surface area (Å²) < 4.78 is 25.8. The Hall–Kier alpha value is -1.01. The van der Waals surface area contributed by atoms with E-state index in [1.54, 1.807) is 24.5 Å². The Balaban J connectivity index is 2.85. The van der Waals surface area contributed by atoms with Crippen molar-refractivity contribution in [2.45, 2.75) is 23.5 Å². The fraction of sp³-hybridized carbons (Fsp3) is 0.364. The average molecular weight is 273 g/mol. The van der Waals surface area contributed by atoms with Crippen LogP contribution in [0.15, 0.2) is 35.2 Å². The standard InChI is InChI=1S/C11H15NO3S2/c1-3-10(16-2)11(13)12-17(14,15)9-7-5-4-6-8-9/h4-8,10H,3H2,1-2H3,(H,12,13). The van der Waals surface area contributed by atoms with Crippen molar-refractivity contribution in [1.29, 1.82) is 0 Å². The van der Waals surface area contributed by atoms with Crippen LogP contribution in [0.4, 0.5) is 0 Å². The minimum absolute atomic E-state index is 0.101. The third-order valence-corrected chi connectivity index (χ3v) is 4.72. The number of nitrogens with one attached hydrogen (secondary N) is 1. The van der Waals surface area contributed by atoms with Gasteiger partial charge in [0.1, 0.15) is 0 Å². The molecular weight excluding hydrogens is 258 g/mol. The zero-order valence-electron chi connectivity index (χ0n) is 9.71. The smallest absolute Gasteiger partial charge is 0.264 e. The molecule has 0 saturated heterocycles. The van der Waals surface area contributed by atoms with Gasteiger partial charge in [-0.3, -0.25) is 4.79 Å². The van der Waals surface area contributed by atoms with Crippen molar-refractivity contribution >= 4 is 27.7 Å². The lowest BCUT2D eigenvalue weighted by atomic mass is 10.3. The van der Waals surface area contributed by atoms with Crippen molar-refractivity contribution in [3.05, 3.63) is 30.3 Å². The Morgan fingerprint density at radius 1 is 1.35 bits per heavy atom. The molecule has 1 aromatic carbocycles. The van der Waals surface area contributed by atoms with Gasteiger partial charge in [-0.25, -0.2) is 13.1 Å². The van der Waals surface area contributed by atoms with E-state index in [4.69, 9.17) is 0 Å². The van der Waals surface area contributed by atoms with Crippen LogP contribution < -0.4 is 4.72 Å². The number of hydrogen-bond donors (Lipinski definition) is 1. The number of thioether (sulfide) groups is 1. The Kier molecular flexibility index (Phi) is 5.02. The van der Waals surface area contributed by atoms with E-state index in [0.29, 0.717) is 6.42 Å². The van der Waals surface area contributed by atoms with Crippen LogP contribution in [0.3, 0.4) is 0 Å². The number of benzene rings is 1. The number of sulfonamides is 1. The van der Waals surface area contributed by atoms with E-state index in [2.05, 4.69) is 4.72 Å². The molecular formula is C11H15NO3S2. The second-order valence-corrected chi connectivity index (χ2v) is 6.14. The summed E-state index contributed by atoms with van der Waals surface area (Å²) in [6.07, 6.45) is 2.38. The van der Waals surface area contributed by atoms with Gasteiger partial charge in [0.05, 0.1) is 10.1 Å². The van der Waals surface area contributed by atoms with Crippen LogP contribution in [-0.4, -0.2) is 25.8 Å². The number of carbonyl (C=O) groups is 1. The lowest BCUT2D eigenvalue weighted by Gasteiger charge is -2.12. The van der Waals surface area contributed by atoms with E-state index in [0.717, 1.165) is 0 Å². The minimum Gasteiger partial charge on any atom is -0.273 e. The van der Waals surface area contributed by atoms with E-state index in [1.807, 2.05) is 6.92 Å². The van der Waals surface area contributed by atoms with Gasteiger partial charge in [0.15, 0.2) is 0 Å². The summed E-state index contributed by atoms with van der Waals surface area (Å²) in [5.74, 6) is -0.469. The van der Waals surface area contributed by atoms with Crippen molar-refractivity contribution in [1.82, 2.24) is 4.72 Å². The fourth-order valence-corrected chi connectivity index (χ4v) is 3.04. The van der Waals surface area contributed by atoms with E-state index in [9.17, 15) is 13.2 Å². The van der Waals surface area contributed by atoms with Gasteiger partial charge in [0.25, 0.3) is 10.0 Å². The van der Waals surface area contributed by atoms with Crippen LogP contribution in [0, 0.1) is 0 Å². The predicted octanol–water partition coefficient (Wildman–Crippen LogP) is 1.63. The van der Waals surface area contributed by atoms with Crippen molar-refractivity contribution in [3.63, 3.8) is 0 Å². The first-order valence-corrected chi connectivity index (χ1v) is 7.93. The van der Waals surface area contributed by atoms with Crippen molar-refractivity contribution in [2.75, 3.05) is 6.26 Å². The Bertz CT molecular complexity index is 467. The third-order valence-electron chi connectivity index (χ3n) is 2.24. The Labute approximate surface area is 106 Å². The Morgan fingerprint density at radius 2 is 1.94 bits per heavy atom. The van der Waals surface area contributed by atoms with E-state index in [-0.39, 0.29) is 10.1 Å². The highest BCUT2D eigenvalue weighted by molar-refractivity contribution is 8.00. The van der Waals surface area contributed by atoms with Gasteiger partial charge in [-0.05, 0) is 24.8 Å². The van der Waals surface area contributed by atoms with Crippen LogP contribution in [0.25, 0.3) is 0 Å². The van der Waals surface area contributed by atoms with Crippen LogP contribution in [-0.2, 0) is 14.8 Å². The highest BCUT2D eigenvalue weighted by atomic mass is 32.2.